The van der Waals surface area contributed by atoms with Crippen molar-refractivity contribution in [3.8, 4) is 0 Å². The van der Waals surface area contributed by atoms with Crippen LogP contribution in [0.3, 0.4) is 0 Å². The van der Waals surface area contributed by atoms with E-state index >= 15 is 0 Å². The highest BCUT2D eigenvalue weighted by Gasteiger charge is 1.97. The van der Waals surface area contributed by atoms with Crippen LogP contribution < -0.4 is 0 Å². The van der Waals surface area contributed by atoms with Gasteiger partial charge in [-0.15, -0.1) is 13.2 Å². The van der Waals surface area contributed by atoms with Crippen molar-refractivity contribution in [2.24, 2.45) is 0 Å². The summed E-state index contributed by atoms with van der Waals surface area (Å²) in [5, 5.41) is 0. The monoisotopic (exact) mass is 212 g/mol. The summed E-state index contributed by atoms with van der Waals surface area (Å²) in [4.78, 5) is 0. The van der Waals surface area contributed by atoms with Crippen molar-refractivity contribution in [1.29, 1.82) is 0 Å². The van der Waals surface area contributed by atoms with Crippen LogP contribution in [-0.4, -0.2) is 40.0 Å². The lowest BCUT2D eigenvalue weighted by atomic mass is 11.3. The van der Waals surface area contributed by atoms with Gasteiger partial charge in [-0.25, -0.2) is 0 Å². The molecule has 1 heterocycles. The molecule has 0 atom stereocenters. The highest BCUT2D eigenvalue weighted by atomic mass is 28.4. The molecule has 0 saturated carbocycles. The zero-order valence-electron chi connectivity index (χ0n) is 5.88. The van der Waals surface area contributed by atoms with Gasteiger partial charge in [-0.3, -0.25) is 0 Å². The Morgan fingerprint density at radius 2 is 0.800 bits per heavy atom. The SMILES string of the molecule is C=C.O1[SiH2]O[SiH2]O[SiH2]O[SiH2]1. The molecule has 1 aliphatic heterocycles. The van der Waals surface area contributed by atoms with Gasteiger partial charge in [-0.2, -0.15) is 0 Å². The summed E-state index contributed by atoms with van der Waals surface area (Å²) in [7, 11) is -2.61. The van der Waals surface area contributed by atoms with Crippen molar-refractivity contribution in [2.75, 3.05) is 0 Å². The van der Waals surface area contributed by atoms with E-state index in [-0.39, 0.29) is 0 Å². The summed E-state index contributed by atoms with van der Waals surface area (Å²) >= 11 is 0. The third-order valence-corrected chi connectivity index (χ3v) is 6.00. The van der Waals surface area contributed by atoms with Gasteiger partial charge in [-0.1, -0.05) is 0 Å². The van der Waals surface area contributed by atoms with E-state index in [0.29, 0.717) is 0 Å². The predicted octanol–water partition coefficient (Wildman–Crippen LogP) is -3.14. The first-order valence-corrected chi connectivity index (χ1v) is 7.43. The Kier molecular flexibility index (Phi) is 9.87. The molecular formula is C2H12O4Si4. The second-order valence-corrected chi connectivity index (χ2v) is 8.76. The summed E-state index contributed by atoms with van der Waals surface area (Å²) in [5.41, 5.74) is 0. The summed E-state index contributed by atoms with van der Waals surface area (Å²) in [6.07, 6.45) is 0. The van der Waals surface area contributed by atoms with Crippen LogP contribution in [0.5, 0.6) is 0 Å². The van der Waals surface area contributed by atoms with Gasteiger partial charge in [0, 0.05) is 0 Å². The van der Waals surface area contributed by atoms with Gasteiger partial charge >= 0.3 is 0 Å². The van der Waals surface area contributed by atoms with Gasteiger partial charge in [0.05, 0.1) is 0 Å². The Bertz CT molecular complexity index is 48.3. The normalized spacial score (nSPS) is 29.2. The molecule has 4 nitrogen and oxygen atoms in total. The third-order valence-electron chi connectivity index (χ3n) is 0.667. The lowest BCUT2D eigenvalue weighted by molar-refractivity contribution is 0.347. The van der Waals surface area contributed by atoms with E-state index in [1.807, 2.05) is 0 Å². The molecule has 0 aromatic carbocycles. The third kappa shape index (κ3) is 6.57. The molecule has 8 heteroatoms. The fraction of sp³-hybridized carbons (Fsp3) is 0. The maximum absolute atomic E-state index is 5.10. The minimum atomic E-state index is -0.653. The molecule has 1 fully saturated rings. The minimum absolute atomic E-state index is 0.653. The number of hydrogen-bond donors (Lipinski definition) is 0. The highest BCUT2D eigenvalue weighted by molar-refractivity contribution is 6.50. The van der Waals surface area contributed by atoms with E-state index < -0.39 is 40.0 Å². The van der Waals surface area contributed by atoms with Crippen LogP contribution in [0.25, 0.3) is 0 Å². The second kappa shape index (κ2) is 9.45. The van der Waals surface area contributed by atoms with E-state index in [4.69, 9.17) is 16.5 Å². The summed E-state index contributed by atoms with van der Waals surface area (Å²) in [6.45, 7) is 6.00. The smallest absolute Gasteiger partial charge is 0.286 e. The maximum Gasteiger partial charge on any atom is 0.286 e. The molecule has 0 bridgehead atoms. The Morgan fingerprint density at radius 1 is 0.600 bits per heavy atom. The van der Waals surface area contributed by atoms with Gasteiger partial charge in [0.2, 0.25) is 0 Å². The predicted molar refractivity (Wildman–Crippen MR) is 49.8 cm³/mol. The first kappa shape index (κ1) is 10.4. The average Bonchev–Trinajstić information content (AvgIpc) is 1.90. The van der Waals surface area contributed by atoms with Crippen LogP contribution in [0.2, 0.25) is 0 Å². The first-order valence-electron chi connectivity index (χ1n) is 2.81. The van der Waals surface area contributed by atoms with E-state index in [1.54, 1.807) is 0 Å². The molecule has 10 heavy (non-hydrogen) atoms. The fourth-order valence-corrected chi connectivity index (χ4v) is 7.59. The Balaban J connectivity index is 0.000000371. The largest absolute Gasteiger partial charge is 0.425 e. The molecule has 0 spiro atoms. The summed E-state index contributed by atoms with van der Waals surface area (Å²) < 4.78 is 20.4. The zero-order valence-corrected chi connectivity index (χ0v) is 11.5. The Hall–Kier alpha value is 0.448. The Labute approximate surface area is 70.2 Å². The fourth-order valence-electron chi connectivity index (χ4n) is 0.372. The van der Waals surface area contributed by atoms with Crippen LogP contribution in [-0.2, 0) is 16.5 Å². The maximum atomic E-state index is 5.10. The number of rotatable bonds is 0. The first-order chi connectivity index (χ1) is 5.00. The zero-order chi connectivity index (χ0) is 7.66. The van der Waals surface area contributed by atoms with Crippen LogP contribution in [0.4, 0.5) is 0 Å². The molecular weight excluding hydrogens is 200 g/mol. The molecule has 0 aliphatic carbocycles. The molecule has 1 saturated heterocycles. The topological polar surface area (TPSA) is 36.9 Å². The van der Waals surface area contributed by atoms with Gasteiger partial charge in [0.25, 0.3) is 40.0 Å². The van der Waals surface area contributed by atoms with Gasteiger partial charge < -0.3 is 16.5 Å². The highest BCUT2D eigenvalue weighted by Crippen LogP contribution is 1.79. The molecule has 0 aromatic rings. The van der Waals surface area contributed by atoms with Gasteiger partial charge in [0.1, 0.15) is 0 Å². The van der Waals surface area contributed by atoms with Crippen molar-refractivity contribution in [1.82, 2.24) is 0 Å². The van der Waals surface area contributed by atoms with Crippen LogP contribution in [0.15, 0.2) is 13.2 Å². The molecule has 0 radical (unpaired) electrons. The van der Waals surface area contributed by atoms with E-state index in [9.17, 15) is 0 Å². The molecule has 1 rings (SSSR count). The van der Waals surface area contributed by atoms with Crippen molar-refractivity contribution in [3.05, 3.63) is 13.2 Å². The van der Waals surface area contributed by atoms with Crippen LogP contribution in [0, 0.1) is 0 Å². The number of hydrogen-bond acceptors (Lipinski definition) is 4. The van der Waals surface area contributed by atoms with Crippen molar-refractivity contribution in [2.45, 2.75) is 0 Å². The van der Waals surface area contributed by atoms with Crippen LogP contribution in [0.1, 0.15) is 0 Å². The Morgan fingerprint density at radius 3 is 1.00 bits per heavy atom. The van der Waals surface area contributed by atoms with E-state index in [1.165, 1.54) is 0 Å². The van der Waals surface area contributed by atoms with Crippen molar-refractivity contribution >= 4 is 40.0 Å². The summed E-state index contributed by atoms with van der Waals surface area (Å²) in [5.74, 6) is 0. The minimum Gasteiger partial charge on any atom is -0.425 e. The standard InChI is InChI=1S/C2H4.H8O4Si4/c1-2;1-5-2-7-4-8-3-6-1/h1-2H2;5-8H2. The lowest BCUT2D eigenvalue weighted by Gasteiger charge is -2.10. The van der Waals surface area contributed by atoms with Crippen molar-refractivity contribution < 1.29 is 16.5 Å². The van der Waals surface area contributed by atoms with Gasteiger partial charge in [0.15, 0.2) is 0 Å². The second-order valence-electron chi connectivity index (χ2n) is 1.29. The van der Waals surface area contributed by atoms with Crippen molar-refractivity contribution in [3.63, 3.8) is 0 Å². The molecule has 0 aromatic heterocycles. The summed E-state index contributed by atoms with van der Waals surface area (Å²) in [6, 6.07) is 0. The van der Waals surface area contributed by atoms with Gasteiger partial charge in [-0.05, 0) is 0 Å². The quantitative estimate of drug-likeness (QED) is 0.314. The lowest BCUT2D eigenvalue weighted by Crippen LogP contribution is -2.23. The molecule has 0 N–H and O–H groups in total. The molecule has 0 unspecified atom stereocenters. The molecule has 1 aliphatic rings. The van der Waals surface area contributed by atoms with Crippen LogP contribution >= 0.6 is 0 Å². The van der Waals surface area contributed by atoms with E-state index in [0.717, 1.165) is 0 Å². The molecule has 60 valence electrons. The van der Waals surface area contributed by atoms with E-state index in [2.05, 4.69) is 13.2 Å². The molecule has 0 amide bonds. The average molecular weight is 212 g/mol.